The molecule has 0 spiro atoms. The molecule has 4 nitrogen and oxygen atoms in total. The smallest absolute Gasteiger partial charge is 0.237 e. The molecule has 0 saturated carbocycles. The predicted octanol–water partition coefficient (Wildman–Crippen LogP) is 1.98. The van der Waals surface area contributed by atoms with Gasteiger partial charge in [0.15, 0.2) is 0 Å². The first kappa shape index (κ1) is 12.4. The van der Waals surface area contributed by atoms with Crippen LogP contribution in [0.1, 0.15) is 22.9 Å². The van der Waals surface area contributed by atoms with E-state index < -0.39 is 6.04 Å². The van der Waals surface area contributed by atoms with Gasteiger partial charge >= 0.3 is 0 Å². The Bertz CT molecular complexity index is 560. The van der Waals surface area contributed by atoms with Gasteiger partial charge in [0.05, 0.1) is 13.2 Å². The zero-order chi connectivity index (χ0) is 13.1. The van der Waals surface area contributed by atoms with Crippen LogP contribution in [0.3, 0.4) is 0 Å². The lowest BCUT2D eigenvalue weighted by molar-refractivity contribution is 0.387. The van der Waals surface area contributed by atoms with E-state index in [1.54, 1.807) is 25.3 Å². The number of hydrogen-bond donors (Lipinski definition) is 1. The molecule has 0 fully saturated rings. The fourth-order valence-electron chi connectivity index (χ4n) is 1.73. The molecule has 0 amide bonds. The largest absolute Gasteiger partial charge is 0.480 e. The molecule has 1 aromatic heterocycles. The fraction of sp³-hybridized carbons (Fsp3) is 0.231. The Labute approximate surface area is 105 Å². The molecular formula is C13H14FN3O. The van der Waals surface area contributed by atoms with Crippen molar-refractivity contribution in [2.75, 3.05) is 7.11 Å². The number of nitrogens with two attached hydrogens (primary N) is 1. The molecule has 0 aliphatic rings. The molecule has 1 heterocycles. The molecule has 0 saturated heterocycles. The van der Waals surface area contributed by atoms with Crippen LogP contribution in [0, 0.1) is 12.7 Å². The van der Waals surface area contributed by atoms with Gasteiger partial charge in [0, 0.05) is 12.4 Å². The third kappa shape index (κ3) is 2.31. The monoisotopic (exact) mass is 247 g/mol. The van der Waals surface area contributed by atoms with E-state index >= 15 is 0 Å². The molecule has 0 bridgehead atoms. The lowest BCUT2D eigenvalue weighted by atomic mass is 10.0. The first-order valence-corrected chi connectivity index (χ1v) is 5.50. The van der Waals surface area contributed by atoms with Gasteiger partial charge in [0.25, 0.3) is 0 Å². The summed E-state index contributed by atoms with van der Waals surface area (Å²) < 4.78 is 18.3. The summed E-state index contributed by atoms with van der Waals surface area (Å²) >= 11 is 0. The van der Waals surface area contributed by atoms with E-state index in [1.165, 1.54) is 19.4 Å². The average molecular weight is 247 g/mol. The van der Waals surface area contributed by atoms with Gasteiger partial charge in [-0.15, -0.1) is 0 Å². The highest BCUT2D eigenvalue weighted by atomic mass is 19.1. The Hall–Kier alpha value is -2.01. The van der Waals surface area contributed by atoms with Crippen LogP contribution in [0.2, 0.25) is 0 Å². The van der Waals surface area contributed by atoms with Crippen LogP contribution < -0.4 is 10.5 Å². The molecule has 94 valence electrons. The van der Waals surface area contributed by atoms with Crippen molar-refractivity contribution in [3.05, 3.63) is 53.2 Å². The maximum atomic E-state index is 13.2. The molecule has 2 N–H and O–H groups in total. The fourth-order valence-corrected chi connectivity index (χ4v) is 1.73. The van der Waals surface area contributed by atoms with Gasteiger partial charge in [0.2, 0.25) is 5.88 Å². The lowest BCUT2D eigenvalue weighted by Crippen LogP contribution is -2.15. The molecule has 0 aliphatic heterocycles. The van der Waals surface area contributed by atoms with E-state index in [9.17, 15) is 4.39 Å². The number of benzene rings is 1. The van der Waals surface area contributed by atoms with Gasteiger partial charge < -0.3 is 10.5 Å². The number of nitrogens with zero attached hydrogens (tertiary/aromatic N) is 2. The summed E-state index contributed by atoms with van der Waals surface area (Å²) in [7, 11) is 1.51. The highest BCUT2D eigenvalue weighted by Crippen LogP contribution is 2.25. The number of ether oxygens (including phenoxy) is 1. The summed E-state index contributed by atoms with van der Waals surface area (Å²) in [4.78, 5) is 8.22. The van der Waals surface area contributed by atoms with Crippen LogP contribution in [0.15, 0.2) is 30.6 Å². The molecule has 0 aliphatic carbocycles. The van der Waals surface area contributed by atoms with Crippen LogP contribution in [-0.2, 0) is 0 Å². The van der Waals surface area contributed by atoms with Crippen molar-refractivity contribution < 1.29 is 9.13 Å². The van der Waals surface area contributed by atoms with Gasteiger partial charge in [-0.3, -0.25) is 4.98 Å². The lowest BCUT2D eigenvalue weighted by Gasteiger charge is -2.14. The Morgan fingerprint density at radius 1 is 1.28 bits per heavy atom. The van der Waals surface area contributed by atoms with Crippen molar-refractivity contribution in [2.24, 2.45) is 5.73 Å². The molecule has 1 aromatic carbocycles. The highest BCUT2D eigenvalue weighted by Gasteiger charge is 2.17. The van der Waals surface area contributed by atoms with Crippen molar-refractivity contribution in [3.8, 4) is 5.88 Å². The number of aryl methyl sites for hydroxylation is 1. The third-order valence-corrected chi connectivity index (χ3v) is 2.72. The summed E-state index contributed by atoms with van der Waals surface area (Å²) in [5.41, 5.74) is 7.96. The van der Waals surface area contributed by atoms with Gasteiger partial charge in [0.1, 0.15) is 11.5 Å². The Morgan fingerprint density at radius 2 is 2.00 bits per heavy atom. The molecule has 2 aromatic rings. The second kappa shape index (κ2) is 5.10. The normalized spacial score (nSPS) is 12.2. The van der Waals surface area contributed by atoms with Crippen LogP contribution in [0.5, 0.6) is 5.88 Å². The molecular weight excluding hydrogens is 233 g/mol. The van der Waals surface area contributed by atoms with Crippen molar-refractivity contribution in [1.82, 2.24) is 9.97 Å². The average Bonchev–Trinajstić information content (AvgIpc) is 2.41. The van der Waals surface area contributed by atoms with E-state index in [-0.39, 0.29) is 5.82 Å². The molecule has 2 rings (SSSR count). The second-order valence-electron chi connectivity index (χ2n) is 3.94. The summed E-state index contributed by atoms with van der Waals surface area (Å²) in [5, 5.41) is 0. The quantitative estimate of drug-likeness (QED) is 0.900. The molecule has 18 heavy (non-hydrogen) atoms. The van der Waals surface area contributed by atoms with Gasteiger partial charge in [-0.25, -0.2) is 9.37 Å². The maximum absolute atomic E-state index is 13.2. The third-order valence-electron chi connectivity index (χ3n) is 2.72. The maximum Gasteiger partial charge on any atom is 0.237 e. The highest BCUT2D eigenvalue weighted by molar-refractivity contribution is 5.34. The van der Waals surface area contributed by atoms with E-state index in [1.807, 2.05) is 0 Å². The zero-order valence-electron chi connectivity index (χ0n) is 10.2. The van der Waals surface area contributed by atoms with Crippen LogP contribution in [-0.4, -0.2) is 17.1 Å². The minimum Gasteiger partial charge on any atom is -0.480 e. The summed E-state index contributed by atoms with van der Waals surface area (Å²) in [6.45, 7) is 1.69. The molecule has 1 unspecified atom stereocenters. The summed E-state index contributed by atoms with van der Waals surface area (Å²) in [6, 6.07) is 4.25. The Balaban J connectivity index is 2.41. The first-order valence-electron chi connectivity index (χ1n) is 5.50. The number of rotatable bonds is 3. The van der Waals surface area contributed by atoms with E-state index in [4.69, 9.17) is 10.5 Å². The van der Waals surface area contributed by atoms with Crippen LogP contribution >= 0.6 is 0 Å². The topological polar surface area (TPSA) is 61.0 Å². The number of methoxy groups -OCH3 is 1. The minimum absolute atomic E-state index is 0.253. The summed E-state index contributed by atoms with van der Waals surface area (Å²) in [6.07, 6.45) is 3.08. The Morgan fingerprint density at radius 3 is 2.67 bits per heavy atom. The Kier molecular flexibility index (Phi) is 3.53. The molecule has 0 radical (unpaired) electrons. The standard InChI is InChI=1S/C13H14FN3O/c1-8-7-9(3-4-10(8)14)11(15)12-13(18-2)17-6-5-16-12/h3-7,11H,15H2,1-2H3. The van der Waals surface area contributed by atoms with E-state index in [0.717, 1.165) is 5.56 Å². The second-order valence-corrected chi connectivity index (χ2v) is 3.94. The predicted molar refractivity (Wildman–Crippen MR) is 65.8 cm³/mol. The number of hydrogen-bond acceptors (Lipinski definition) is 4. The summed E-state index contributed by atoms with van der Waals surface area (Å²) in [5.74, 6) is 0.129. The SMILES string of the molecule is COc1nccnc1C(N)c1ccc(F)c(C)c1. The van der Waals surface area contributed by atoms with E-state index in [2.05, 4.69) is 9.97 Å². The van der Waals surface area contributed by atoms with Crippen molar-refractivity contribution in [2.45, 2.75) is 13.0 Å². The van der Waals surface area contributed by atoms with Crippen molar-refractivity contribution in [3.63, 3.8) is 0 Å². The number of aromatic nitrogens is 2. The van der Waals surface area contributed by atoms with Gasteiger partial charge in [-0.2, -0.15) is 0 Å². The molecule has 1 atom stereocenters. The van der Waals surface area contributed by atoms with Crippen molar-refractivity contribution in [1.29, 1.82) is 0 Å². The zero-order valence-corrected chi connectivity index (χ0v) is 10.2. The molecule has 5 heteroatoms. The minimum atomic E-state index is -0.493. The van der Waals surface area contributed by atoms with Gasteiger partial charge in [-0.05, 0) is 24.1 Å². The van der Waals surface area contributed by atoms with Gasteiger partial charge in [-0.1, -0.05) is 12.1 Å². The van der Waals surface area contributed by atoms with E-state index in [0.29, 0.717) is 17.1 Å². The first-order chi connectivity index (χ1) is 8.63. The van der Waals surface area contributed by atoms with Crippen molar-refractivity contribution >= 4 is 0 Å². The van der Waals surface area contributed by atoms with Crippen LogP contribution in [0.25, 0.3) is 0 Å². The number of halogens is 1. The van der Waals surface area contributed by atoms with Crippen LogP contribution in [0.4, 0.5) is 4.39 Å².